The molecule has 8 nitrogen and oxygen atoms in total. The van der Waals surface area contributed by atoms with E-state index in [0.29, 0.717) is 36.1 Å². The maximum Gasteiger partial charge on any atom is 0.261 e. The molecule has 0 saturated carbocycles. The fourth-order valence-corrected chi connectivity index (χ4v) is 5.70. The van der Waals surface area contributed by atoms with Crippen LogP contribution in [0.1, 0.15) is 44.6 Å². The lowest BCUT2D eigenvalue weighted by Gasteiger charge is -2.35. The lowest BCUT2D eigenvalue weighted by molar-refractivity contribution is -0.120. The number of benzene rings is 1. The van der Waals surface area contributed by atoms with Gasteiger partial charge in [0.25, 0.3) is 5.91 Å². The van der Waals surface area contributed by atoms with E-state index in [1.807, 2.05) is 24.3 Å². The van der Waals surface area contributed by atoms with E-state index in [4.69, 9.17) is 14.2 Å². The van der Waals surface area contributed by atoms with E-state index in [1.165, 1.54) is 23.3 Å². The first-order valence-electron chi connectivity index (χ1n) is 11.8. The topological polar surface area (TPSA) is 89.1 Å². The van der Waals surface area contributed by atoms with Crippen molar-refractivity contribution in [3.05, 3.63) is 45.1 Å². The van der Waals surface area contributed by atoms with Crippen LogP contribution in [-0.4, -0.2) is 70.3 Å². The van der Waals surface area contributed by atoms with Gasteiger partial charge in [-0.05, 0) is 55.0 Å². The predicted octanol–water partition coefficient (Wildman–Crippen LogP) is 2.56. The van der Waals surface area contributed by atoms with Gasteiger partial charge in [0.2, 0.25) is 5.91 Å². The number of hydrogen-bond acceptors (Lipinski definition) is 7. The van der Waals surface area contributed by atoms with Crippen LogP contribution in [-0.2, 0) is 22.4 Å². The molecule has 2 aliphatic rings. The van der Waals surface area contributed by atoms with Crippen molar-refractivity contribution < 1.29 is 23.8 Å². The fourth-order valence-electron chi connectivity index (χ4n) is 4.53. The first-order valence-corrected chi connectivity index (χ1v) is 12.6. The first kappa shape index (κ1) is 24.5. The number of thiophene rings is 1. The van der Waals surface area contributed by atoms with Crippen molar-refractivity contribution >= 4 is 23.2 Å². The number of carbonyl (C=O) groups is 2. The second-order valence-corrected chi connectivity index (χ2v) is 9.67. The number of methoxy groups -OCH3 is 2. The summed E-state index contributed by atoms with van der Waals surface area (Å²) < 4.78 is 16.3. The molecule has 1 atom stereocenters. The molecule has 2 amide bonds. The number of morpholine rings is 1. The molecular formula is C25H33N3O5S. The maximum absolute atomic E-state index is 12.6. The minimum Gasteiger partial charge on any atom is -0.493 e. The van der Waals surface area contributed by atoms with Gasteiger partial charge in [0, 0.05) is 24.5 Å². The summed E-state index contributed by atoms with van der Waals surface area (Å²) >= 11 is 1.55. The predicted molar refractivity (Wildman–Crippen MR) is 131 cm³/mol. The lowest BCUT2D eigenvalue weighted by Crippen LogP contribution is -2.45. The third kappa shape index (κ3) is 5.89. The number of ether oxygens (including phenoxy) is 3. The Hall–Kier alpha value is -2.62. The molecule has 0 spiro atoms. The van der Waals surface area contributed by atoms with Crippen LogP contribution < -0.4 is 20.1 Å². The SMILES string of the molecule is COc1ccc([C@@H](CNC(=O)CNC(=O)c2cc3c(s2)CCCC3)N2CCOCC2)cc1OC. The Morgan fingerprint density at radius 2 is 1.82 bits per heavy atom. The van der Waals surface area contributed by atoms with Crippen LogP contribution in [0.3, 0.4) is 0 Å². The maximum atomic E-state index is 12.6. The molecule has 0 unspecified atom stereocenters. The quantitative estimate of drug-likeness (QED) is 0.565. The van der Waals surface area contributed by atoms with E-state index in [1.54, 1.807) is 25.6 Å². The van der Waals surface area contributed by atoms with Crippen molar-refractivity contribution in [1.29, 1.82) is 0 Å². The number of rotatable bonds is 9. The average Bonchev–Trinajstić information content (AvgIpc) is 3.32. The second-order valence-electron chi connectivity index (χ2n) is 8.53. The van der Waals surface area contributed by atoms with Crippen molar-refractivity contribution in [2.45, 2.75) is 31.7 Å². The Morgan fingerprint density at radius 1 is 1.06 bits per heavy atom. The van der Waals surface area contributed by atoms with E-state index in [-0.39, 0.29) is 24.4 Å². The van der Waals surface area contributed by atoms with Crippen molar-refractivity contribution in [2.75, 3.05) is 53.6 Å². The van der Waals surface area contributed by atoms with E-state index in [0.717, 1.165) is 31.5 Å². The van der Waals surface area contributed by atoms with Gasteiger partial charge in [-0.15, -0.1) is 11.3 Å². The fraction of sp³-hybridized carbons (Fsp3) is 0.520. The molecule has 4 rings (SSSR count). The van der Waals surface area contributed by atoms with Gasteiger partial charge in [-0.1, -0.05) is 6.07 Å². The lowest BCUT2D eigenvalue weighted by atomic mass is 9.99. The van der Waals surface area contributed by atoms with Gasteiger partial charge < -0.3 is 24.8 Å². The first-order chi connectivity index (χ1) is 16.6. The Kier molecular flexibility index (Phi) is 8.42. The molecule has 0 bridgehead atoms. The third-order valence-electron chi connectivity index (χ3n) is 6.40. The molecule has 0 radical (unpaired) electrons. The summed E-state index contributed by atoms with van der Waals surface area (Å²) in [5.74, 6) is 0.914. The zero-order valence-electron chi connectivity index (χ0n) is 19.9. The van der Waals surface area contributed by atoms with E-state index in [2.05, 4.69) is 15.5 Å². The van der Waals surface area contributed by atoms with Crippen molar-refractivity contribution in [2.24, 2.45) is 0 Å². The highest BCUT2D eigenvalue weighted by Crippen LogP contribution is 2.32. The Balaban J connectivity index is 1.36. The summed E-state index contributed by atoms with van der Waals surface area (Å²) in [6.45, 7) is 3.21. The van der Waals surface area contributed by atoms with Gasteiger partial charge in [-0.2, -0.15) is 0 Å². The number of fused-ring (bicyclic) bond motifs is 1. The van der Waals surface area contributed by atoms with Gasteiger partial charge in [0.05, 0.1) is 44.9 Å². The Bertz CT molecular complexity index is 979. The van der Waals surface area contributed by atoms with Gasteiger partial charge in [-0.3, -0.25) is 14.5 Å². The molecule has 1 saturated heterocycles. The molecule has 1 aromatic heterocycles. The summed E-state index contributed by atoms with van der Waals surface area (Å²) in [5, 5.41) is 5.77. The molecule has 1 aromatic carbocycles. The smallest absolute Gasteiger partial charge is 0.261 e. The largest absolute Gasteiger partial charge is 0.493 e. The van der Waals surface area contributed by atoms with Crippen molar-refractivity contribution in [3.63, 3.8) is 0 Å². The Morgan fingerprint density at radius 3 is 2.56 bits per heavy atom. The molecule has 184 valence electrons. The number of carbonyl (C=O) groups excluding carboxylic acids is 2. The third-order valence-corrected chi connectivity index (χ3v) is 7.64. The van der Waals surface area contributed by atoms with Crippen LogP contribution >= 0.6 is 11.3 Å². The number of hydrogen-bond donors (Lipinski definition) is 2. The monoisotopic (exact) mass is 487 g/mol. The molecule has 2 aromatic rings. The molecule has 34 heavy (non-hydrogen) atoms. The number of nitrogens with one attached hydrogen (secondary N) is 2. The standard InChI is InChI=1S/C25H33N3O5S/c1-31-20-8-7-17(13-21(20)32-2)19(28-9-11-33-12-10-28)15-26-24(29)16-27-25(30)23-14-18-5-3-4-6-22(18)34-23/h7-8,13-14,19H,3-6,9-12,15-16H2,1-2H3,(H,26,29)(H,27,30)/t19-/m1/s1. The van der Waals surface area contributed by atoms with E-state index >= 15 is 0 Å². The van der Waals surface area contributed by atoms with Crippen LogP contribution in [0.15, 0.2) is 24.3 Å². The highest BCUT2D eigenvalue weighted by molar-refractivity contribution is 7.14. The highest BCUT2D eigenvalue weighted by atomic mass is 32.1. The van der Waals surface area contributed by atoms with Gasteiger partial charge in [0.1, 0.15) is 0 Å². The summed E-state index contributed by atoms with van der Waals surface area (Å²) in [6.07, 6.45) is 4.45. The number of nitrogens with zero attached hydrogens (tertiary/aromatic N) is 1. The van der Waals surface area contributed by atoms with E-state index < -0.39 is 0 Å². The number of aryl methyl sites for hydroxylation is 2. The number of amides is 2. The summed E-state index contributed by atoms with van der Waals surface area (Å²) in [5.41, 5.74) is 2.31. The molecular weight excluding hydrogens is 454 g/mol. The van der Waals surface area contributed by atoms with Gasteiger partial charge in [-0.25, -0.2) is 0 Å². The summed E-state index contributed by atoms with van der Waals surface area (Å²) in [6, 6.07) is 7.76. The van der Waals surface area contributed by atoms with Crippen LogP contribution in [0.5, 0.6) is 11.5 Å². The minimum atomic E-state index is -0.214. The molecule has 1 fully saturated rings. The van der Waals surface area contributed by atoms with Crippen LogP contribution in [0.2, 0.25) is 0 Å². The average molecular weight is 488 g/mol. The molecule has 1 aliphatic heterocycles. The summed E-state index contributed by atoms with van der Waals surface area (Å²) in [4.78, 5) is 29.5. The van der Waals surface area contributed by atoms with Crippen LogP contribution in [0.25, 0.3) is 0 Å². The summed E-state index contributed by atoms with van der Waals surface area (Å²) in [7, 11) is 3.22. The highest BCUT2D eigenvalue weighted by Gasteiger charge is 2.25. The normalized spacial score (nSPS) is 16.9. The molecule has 2 N–H and O–H groups in total. The van der Waals surface area contributed by atoms with Gasteiger partial charge in [0.15, 0.2) is 11.5 Å². The van der Waals surface area contributed by atoms with Crippen molar-refractivity contribution in [3.8, 4) is 11.5 Å². The van der Waals surface area contributed by atoms with Crippen LogP contribution in [0, 0.1) is 0 Å². The second kappa shape index (κ2) is 11.7. The zero-order valence-corrected chi connectivity index (χ0v) is 20.7. The van der Waals surface area contributed by atoms with Crippen LogP contribution in [0.4, 0.5) is 0 Å². The zero-order chi connectivity index (χ0) is 23.9. The molecule has 2 heterocycles. The Labute approximate surface area is 204 Å². The van der Waals surface area contributed by atoms with Crippen molar-refractivity contribution in [1.82, 2.24) is 15.5 Å². The van der Waals surface area contributed by atoms with Gasteiger partial charge >= 0.3 is 0 Å². The molecule has 1 aliphatic carbocycles. The molecule has 9 heteroatoms. The minimum absolute atomic E-state index is 0.0487. The van der Waals surface area contributed by atoms with E-state index in [9.17, 15) is 9.59 Å².